The maximum atomic E-state index is 12.5. The Kier molecular flexibility index (Phi) is 8.00. The van der Waals surface area contributed by atoms with Crippen molar-refractivity contribution >= 4 is 23.4 Å². The zero-order chi connectivity index (χ0) is 25.3. The number of urea groups is 1. The Morgan fingerprint density at radius 1 is 1.33 bits per heavy atom. The number of ether oxygens (including phenoxy) is 3. The van der Waals surface area contributed by atoms with Crippen LogP contribution in [0.4, 0.5) is 16.2 Å². The lowest BCUT2D eigenvalue weighted by atomic mass is 10.1. The van der Waals surface area contributed by atoms with Crippen molar-refractivity contribution in [3.05, 3.63) is 60.6 Å². The molecule has 3 aromatic rings. The smallest absolute Gasteiger partial charge is 0.323 e. The number of hydrogen-bond acceptors (Lipinski definition) is 8. The number of amidine groups is 1. The maximum absolute atomic E-state index is 12.5. The van der Waals surface area contributed by atoms with Crippen LogP contribution >= 0.6 is 0 Å². The minimum atomic E-state index is -0.670. The van der Waals surface area contributed by atoms with E-state index < -0.39 is 6.03 Å². The van der Waals surface area contributed by atoms with E-state index in [4.69, 9.17) is 29.6 Å². The topological polar surface area (TPSA) is 148 Å². The molecule has 2 amide bonds. The Morgan fingerprint density at radius 3 is 2.89 bits per heavy atom. The van der Waals surface area contributed by atoms with Crippen molar-refractivity contribution in [2.75, 3.05) is 25.2 Å². The zero-order valence-corrected chi connectivity index (χ0v) is 19.7. The second kappa shape index (κ2) is 11.7. The van der Waals surface area contributed by atoms with Crippen molar-refractivity contribution < 1.29 is 23.4 Å². The average Bonchev–Trinajstić information content (AvgIpc) is 3.60. The Labute approximate surface area is 208 Å². The summed E-state index contributed by atoms with van der Waals surface area (Å²) >= 11 is 0. The molecular weight excluding hydrogens is 464 g/mol. The lowest BCUT2D eigenvalue weighted by molar-refractivity contribution is 0.0622. The molecule has 1 aliphatic heterocycles. The van der Waals surface area contributed by atoms with Gasteiger partial charge in [0.05, 0.1) is 42.9 Å². The van der Waals surface area contributed by atoms with Crippen LogP contribution in [0.2, 0.25) is 0 Å². The largest absolute Gasteiger partial charge is 0.496 e. The first-order valence-corrected chi connectivity index (χ1v) is 11.3. The maximum Gasteiger partial charge on any atom is 0.323 e. The molecule has 0 aliphatic carbocycles. The van der Waals surface area contributed by atoms with Crippen LogP contribution in [0.15, 0.2) is 64.5 Å². The number of rotatable bonds is 8. The van der Waals surface area contributed by atoms with Gasteiger partial charge in [-0.15, -0.1) is 0 Å². The number of carbonyl (C=O) groups is 1. The first-order chi connectivity index (χ1) is 17.6. The number of nitrogens with two attached hydrogens (primary N) is 1. The number of nitrogens with one attached hydrogen (secondary N) is 1. The number of aromatic nitrogens is 1. The summed E-state index contributed by atoms with van der Waals surface area (Å²) in [6, 6.07) is 11.8. The first-order valence-electron chi connectivity index (χ1n) is 11.3. The third-order valence-corrected chi connectivity index (χ3v) is 5.53. The van der Waals surface area contributed by atoms with E-state index in [9.17, 15) is 4.79 Å². The fraction of sp³-hybridized carbons (Fsp3) is 0.280. The summed E-state index contributed by atoms with van der Waals surface area (Å²) in [6.07, 6.45) is 6.64. The van der Waals surface area contributed by atoms with Crippen LogP contribution in [0.25, 0.3) is 11.3 Å². The first kappa shape index (κ1) is 24.6. The Balaban J connectivity index is 1.54. The number of amides is 2. The molecule has 1 atom stereocenters. The van der Waals surface area contributed by atoms with E-state index in [0.29, 0.717) is 41.7 Å². The van der Waals surface area contributed by atoms with Gasteiger partial charge in [-0.3, -0.25) is 4.90 Å². The van der Waals surface area contributed by atoms with E-state index in [1.54, 1.807) is 42.6 Å². The van der Waals surface area contributed by atoms with Crippen molar-refractivity contribution in [2.45, 2.75) is 25.5 Å². The van der Waals surface area contributed by atoms with Gasteiger partial charge in [-0.2, -0.15) is 5.26 Å². The van der Waals surface area contributed by atoms with E-state index in [2.05, 4.69) is 15.3 Å². The minimum absolute atomic E-state index is 0.00410. The molecule has 1 saturated heterocycles. The molecule has 1 aliphatic rings. The highest BCUT2D eigenvalue weighted by molar-refractivity contribution is 5.99. The molecule has 36 heavy (non-hydrogen) atoms. The number of primary amides is 1. The fourth-order valence-corrected chi connectivity index (χ4v) is 3.85. The summed E-state index contributed by atoms with van der Waals surface area (Å²) in [6.45, 7) is 1.24. The number of oxazole rings is 1. The van der Waals surface area contributed by atoms with E-state index in [1.165, 1.54) is 18.4 Å². The fourth-order valence-electron chi connectivity index (χ4n) is 3.85. The number of benzene rings is 2. The van der Waals surface area contributed by atoms with Crippen LogP contribution in [-0.4, -0.2) is 43.5 Å². The van der Waals surface area contributed by atoms with Crippen LogP contribution in [0, 0.1) is 11.5 Å². The summed E-state index contributed by atoms with van der Waals surface area (Å²) in [5, 5.41) is 11.5. The van der Waals surface area contributed by atoms with Gasteiger partial charge >= 0.3 is 6.03 Å². The molecule has 4 rings (SSSR count). The molecule has 3 N–H and O–H groups in total. The zero-order valence-electron chi connectivity index (χ0n) is 19.7. The van der Waals surface area contributed by atoms with Crippen molar-refractivity contribution in [1.29, 1.82) is 5.26 Å². The van der Waals surface area contributed by atoms with Gasteiger partial charge in [-0.25, -0.2) is 20.1 Å². The van der Waals surface area contributed by atoms with Crippen LogP contribution in [-0.2, 0) is 16.0 Å². The van der Waals surface area contributed by atoms with E-state index in [1.807, 2.05) is 12.3 Å². The van der Waals surface area contributed by atoms with Gasteiger partial charge in [-0.05, 0) is 42.7 Å². The van der Waals surface area contributed by atoms with E-state index >= 15 is 0 Å². The molecule has 2 heterocycles. The molecule has 0 saturated carbocycles. The molecule has 186 valence electrons. The Hall–Kier alpha value is -4.56. The third kappa shape index (κ3) is 5.92. The Bertz CT molecular complexity index is 1250. The van der Waals surface area contributed by atoms with E-state index in [-0.39, 0.29) is 18.7 Å². The number of aliphatic imine (C=N–C) groups is 1. The average molecular weight is 491 g/mol. The lowest BCUT2D eigenvalue weighted by Crippen LogP contribution is -2.31. The summed E-state index contributed by atoms with van der Waals surface area (Å²) < 4.78 is 22.0. The monoisotopic (exact) mass is 490 g/mol. The number of nitriles is 1. The van der Waals surface area contributed by atoms with Gasteiger partial charge in [0.1, 0.15) is 12.4 Å². The summed E-state index contributed by atoms with van der Waals surface area (Å²) in [7, 11) is 1.53. The second-order valence-electron chi connectivity index (χ2n) is 7.90. The number of nitrogens with zero attached hydrogens (tertiary/aromatic N) is 4. The van der Waals surface area contributed by atoms with Crippen molar-refractivity contribution in [3.63, 3.8) is 0 Å². The number of anilines is 2. The van der Waals surface area contributed by atoms with Crippen LogP contribution < -0.4 is 20.7 Å². The van der Waals surface area contributed by atoms with Gasteiger partial charge in [0.2, 0.25) is 0 Å². The molecule has 1 fully saturated rings. The summed E-state index contributed by atoms with van der Waals surface area (Å²) in [4.78, 5) is 22.1. The standard InChI is InChI=1S/C25H26N6O5/c1-33-22-11-19(7-8-21(22)23-13-28-16-36-23)31(24(27)32)18-5-2-4-17(10-18)12-29-25(30-15-26)35-14-20-6-3-9-34-20/h2,4-5,7-8,10-11,13,16,20H,3,6,9,12,14H2,1H3,(H2,27,32)(H,29,30). The number of carbonyl (C=O) groups excluding carboxylic acids is 1. The Morgan fingerprint density at radius 2 is 2.19 bits per heavy atom. The van der Waals surface area contributed by atoms with Gasteiger partial charge in [0.25, 0.3) is 6.02 Å². The summed E-state index contributed by atoms with van der Waals surface area (Å²) in [5.41, 5.74) is 8.27. The highest BCUT2D eigenvalue weighted by Crippen LogP contribution is 2.36. The highest BCUT2D eigenvalue weighted by Gasteiger charge is 2.19. The molecule has 11 heteroatoms. The molecular formula is C25H26N6O5. The normalized spacial score (nSPS) is 15.2. The molecule has 1 unspecified atom stereocenters. The third-order valence-electron chi connectivity index (χ3n) is 5.53. The van der Waals surface area contributed by atoms with Crippen molar-refractivity contribution in [3.8, 4) is 23.3 Å². The van der Waals surface area contributed by atoms with Crippen LogP contribution in [0.1, 0.15) is 18.4 Å². The van der Waals surface area contributed by atoms with Gasteiger partial charge in [0, 0.05) is 12.7 Å². The van der Waals surface area contributed by atoms with Crippen LogP contribution in [0.3, 0.4) is 0 Å². The summed E-state index contributed by atoms with van der Waals surface area (Å²) in [5.74, 6) is 1.03. The molecule has 1 aromatic heterocycles. The number of hydrogen-bond donors (Lipinski definition) is 2. The SMILES string of the molecule is COc1cc(N(C(N)=O)c2cccc(CN=C(NC#N)OCC3CCCO3)c2)ccc1-c1cnco1. The molecule has 0 radical (unpaired) electrons. The predicted octanol–water partition coefficient (Wildman–Crippen LogP) is 3.69. The van der Waals surface area contributed by atoms with Gasteiger partial charge < -0.3 is 24.4 Å². The quantitative estimate of drug-likeness (QED) is 0.210. The van der Waals surface area contributed by atoms with Crippen molar-refractivity contribution in [2.24, 2.45) is 10.7 Å². The number of methoxy groups -OCH3 is 1. The molecule has 0 bridgehead atoms. The minimum Gasteiger partial charge on any atom is -0.496 e. The lowest BCUT2D eigenvalue weighted by Gasteiger charge is -2.22. The molecule has 2 aromatic carbocycles. The van der Waals surface area contributed by atoms with Crippen molar-refractivity contribution in [1.82, 2.24) is 10.3 Å². The predicted molar refractivity (Wildman–Crippen MR) is 131 cm³/mol. The molecule has 0 spiro atoms. The van der Waals surface area contributed by atoms with Crippen LogP contribution in [0.5, 0.6) is 5.75 Å². The highest BCUT2D eigenvalue weighted by atomic mass is 16.5. The van der Waals surface area contributed by atoms with Gasteiger partial charge in [-0.1, -0.05) is 12.1 Å². The molecule has 11 nitrogen and oxygen atoms in total. The van der Waals surface area contributed by atoms with Gasteiger partial charge in [0.15, 0.2) is 18.3 Å². The second-order valence-corrected chi connectivity index (χ2v) is 7.90. The van der Waals surface area contributed by atoms with E-state index in [0.717, 1.165) is 18.4 Å².